The zero-order valence-corrected chi connectivity index (χ0v) is 15.4. The van der Waals surface area contributed by atoms with Gasteiger partial charge in [-0.1, -0.05) is 18.2 Å². The van der Waals surface area contributed by atoms with Crippen molar-refractivity contribution in [2.24, 2.45) is 0 Å². The summed E-state index contributed by atoms with van der Waals surface area (Å²) in [6.45, 7) is 0.517. The Morgan fingerprint density at radius 1 is 1.21 bits per heavy atom. The Labute approximate surface area is 164 Å². The molecular formula is C20H15FN4O2S. The quantitative estimate of drug-likeness (QED) is 0.480. The van der Waals surface area contributed by atoms with E-state index in [1.54, 1.807) is 41.7 Å². The molecule has 0 amide bonds. The normalized spacial score (nSPS) is 11.2. The van der Waals surface area contributed by atoms with Crippen LogP contribution in [0.5, 0.6) is 0 Å². The van der Waals surface area contributed by atoms with Crippen LogP contribution in [0, 0.1) is 5.82 Å². The highest BCUT2D eigenvalue weighted by Crippen LogP contribution is 2.19. The molecule has 0 radical (unpaired) electrons. The van der Waals surface area contributed by atoms with Crippen molar-refractivity contribution >= 4 is 29.3 Å². The monoisotopic (exact) mass is 394 g/mol. The summed E-state index contributed by atoms with van der Waals surface area (Å²) in [5.41, 5.74) is 0.703. The van der Waals surface area contributed by atoms with Crippen molar-refractivity contribution < 1.29 is 13.6 Å². The minimum absolute atomic E-state index is 0.308. The van der Waals surface area contributed by atoms with Gasteiger partial charge in [0.25, 0.3) is 5.91 Å². The van der Waals surface area contributed by atoms with Crippen molar-refractivity contribution in [3.05, 3.63) is 82.5 Å². The van der Waals surface area contributed by atoms with E-state index in [-0.39, 0.29) is 11.7 Å². The van der Waals surface area contributed by atoms with Crippen molar-refractivity contribution in [1.82, 2.24) is 14.8 Å². The molecule has 0 unspecified atom stereocenters. The fourth-order valence-electron chi connectivity index (χ4n) is 2.48. The van der Waals surface area contributed by atoms with E-state index >= 15 is 0 Å². The Bertz CT molecular complexity index is 1080. The number of nitrogens with zero attached hydrogens (tertiary/aromatic N) is 3. The highest BCUT2D eigenvalue weighted by atomic mass is 32.1. The first-order valence-electron chi connectivity index (χ1n) is 8.44. The number of hydrogen-bond donors (Lipinski definition) is 1. The third kappa shape index (κ3) is 4.07. The van der Waals surface area contributed by atoms with Crippen LogP contribution in [0.4, 0.5) is 10.3 Å². The smallest absolute Gasteiger partial charge is 0.274 e. The van der Waals surface area contributed by atoms with Crippen LogP contribution in [0.2, 0.25) is 0 Å². The minimum atomic E-state index is -0.386. The lowest BCUT2D eigenvalue weighted by Crippen LogP contribution is -2.14. The molecule has 0 saturated heterocycles. The minimum Gasteiger partial charge on any atom is -0.461 e. The molecule has 0 spiro atoms. The standard InChI is InChI=1S/C20H15FN4O2S/c21-15-8-5-14(6-9-15)7-10-18(26)25-20(22-13-16-3-2-12-28-16)23-19(24-25)17-4-1-11-27-17/h1-12H,13H2,(H,22,23,24). The number of carbonyl (C=O) groups excluding carboxylic acids is 1. The summed E-state index contributed by atoms with van der Waals surface area (Å²) in [6, 6.07) is 13.2. The second-order valence-corrected chi connectivity index (χ2v) is 6.84. The molecule has 4 rings (SSSR count). The van der Waals surface area contributed by atoms with Crippen LogP contribution >= 0.6 is 11.3 Å². The molecule has 140 valence electrons. The van der Waals surface area contributed by atoms with Gasteiger partial charge in [0.05, 0.1) is 12.8 Å². The summed E-state index contributed by atoms with van der Waals surface area (Å²) < 4.78 is 19.5. The molecule has 28 heavy (non-hydrogen) atoms. The Kier molecular flexibility index (Phi) is 5.11. The molecule has 1 aromatic carbocycles. The van der Waals surface area contributed by atoms with Crippen molar-refractivity contribution in [3.8, 4) is 11.6 Å². The van der Waals surface area contributed by atoms with Gasteiger partial charge >= 0.3 is 0 Å². The summed E-state index contributed by atoms with van der Waals surface area (Å²) in [6.07, 6.45) is 4.48. The molecule has 6 nitrogen and oxygen atoms in total. The number of rotatable bonds is 6. The number of hydrogen-bond acceptors (Lipinski definition) is 6. The van der Waals surface area contributed by atoms with E-state index in [0.29, 0.717) is 29.6 Å². The molecule has 0 bridgehead atoms. The van der Waals surface area contributed by atoms with Crippen molar-refractivity contribution in [2.75, 3.05) is 5.32 Å². The predicted molar refractivity (Wildman–Crippen MR) is 105 cm³/mol. The molecule has 0 fully saturated rings. The number of carbonyl (C=O) groups is 1. The van der Waals surface area contributed by atoms with Gasteiger partial charge in [0, 0.05) is 11.0 Å². The van der Waals surface area contributed by atoms with E-state index in [9.17, 15) is 9.18 Å². The fraction of sp³-hybridized carbons (Fsp3) is 0.0500. The average molecular weight is 394 g/mol. The number of thiophene rings is 1. The summed E-state index contributed by atoms with van der Waals surface area (Å²) in [5, 5.41) is 9.39. The molecule has 3 aromatic heterocycles. The third-order valence-corrected chi connectivity index (χ3v) is 4.72. The van der Waals surface area contributed by atoms with E-state index in [4.69, 9.17) is 4.42 Å². The van der Waals surface area contributed by atoms with Gasteiger partial charge in [-0.2, -0.15) is 9.67 Å². The summed E-state index contributed by atoms with van der Waals surface area (Å²) in [7, 11) is 0. The highest BCUT2D eigenvalue weighted by Gasteiger charge is 2.17. The first kappa shape index (κ1) is 17.9. The number of anilines is 1. The number of furan rings is 1. The summed E-state index contributed by atoms with van der Waals surface area (Å²) in [5.74, 6) is 0.371. The van der Waals surface area contributed by atoms with Gasteiger partial charge in [0.15, 0.2) is 5.76 Å². The predicted octanol–water partition coefficient (Wildman–Crippen LogP) is 4.70. The zero-order valence-electron chi connectivity index (χ0n) is 14.6. The van der Waals surface area contributed by atoms with E-state index < -0.39 is 0 Å². The van der Waals surface area contributed by atoms with Crippen LogP contribution in [0.1, 0.15) is 15.2 Å². The van der Waals surface area contributed by atoms with Crippen LogP contribution in [-0.4, -0.2) is 20.7 Å². The number of allylic oxidation sites excluding steroid dienone is 1. The highest BCUT2D eigenvalue weighted by molar-refractivity contribution is 7.09. The molecule has 3 heterocycles. The maximum Gasteiger partial charge on any atom is 0.274 e. The summed E-state index contributed by atoms with van der Waals surface area (Å²) in [4.78, 5) is 18.2. The van der Waals surface area contributed by atoms with Gasteiger partial charge in [-0.3, -0.25) is 4.79 Å². The van der Waals surface area contributed by atoms with Crippen molar-refractivity contribution in [3.63, 3.8) is 0 Å². The SMILES string of the molecule is O=C(C=Cc1ccc(F)cc1)n1nc(-c2ccco2)nc1NCc1cccs1. The van der Waals surface area contributed by atoms with E-state index in [2.05, 4.69) is 15.4 Å². The molecule has 0 aliphatic heterocycles. The van der Waals surface area contributed by atoms with Crippen LogP contribution in [0.25, 0.3) is 17.7 Å². The van der Waals surface area contributed by atoms with E-state index in [1.165, 1.54) is 29.2 Å². The molecule has 8 heteroatoms. The van der Waals surface area contributed by atoms with Crippen molar-refractivity contribution in [2.45, 2.75) is 6.54 Å². The van der Waals surface area contributed by atoms with Gasteiger partial charge in [-0.15, -0.1) is 16.4 Å². The maximum absolute atomic E-state index is 13.0. The van der Waals surface area contributed by atoms with Gasteiger partial charge in [0.1, 0.15) is 5.82 Å². The Morgan fingerprint density at radius 2 is 2.07 bits per heavy atom. The lowest BCUT2D eigenvalue weighted by molar-refractivity contribution is 0.0957. The number of benzene rings is 1. The van der Waals surface area contributed by atoms with E-state index in [1.807, 2.05) is 17.5 Å². The Balaban J connectivity index is 1.59. The van der Waals surface area contributed by atoms with Gasteiger partial charge in [-0.25, -0.2) is 4.39 Å². The van der Waals surface area contributed by atoms with Crippen LogP contribution in [-0.2, 0) is 6.54 Å². The second kappa shape index (κ2) is 8.01. The van der Waals surface area contributed by atoms with E-state index in [0.717, 1.165) is 4.88 Å². The molecular weight excluding hydrogens is 379 g/mol. The number of aromatic nitrogens is 3. The van der Waals surface area contributed by atoms with Gasteiger partial charge in [0.2, 0.25) is 11.8 Å². The van der Waals surface area contributed by atoms with Gasteiger partial charge < -0.3 is 9.73 Å². The molecule has 1 N–H and O–H groups in total. The lowest BCUT2D eigenvalue weighted by atomic mass is 10.2. The fourth-order valence-corrected chi connectivity index (χ4v) is 3.13. The summed E-state index contributed by atoms with van der Waals surface area (Å²) >= 11 is 1.60. The number of halogens is 1. The largest absolute Gasteiger partial charge is 0.461 e. The Hall–Kier alpha value is -3.52. The average Bonchev–Trinajstić information content (AvgIpc) is 3.47. The van der Waals surface area contributed by atoms with Crippen LogP contribution in [0.3, 0.4) is 0 Å². The third-order valence-electron chi connectivity index (χ3n) is 3.85. The van der Waals surface area contributed by atoms with Crippen molar-refractivity contribution in [1.29, 1.82) is 0 Å². The second-order valence-electron chi connectivity index (χ2n) is 5.80. The molecule has 0 aliphatic rings. The molecule has 4 aromatic rings. The van der Waals surface area contributed by atoms with Crippen LogP contribution in [0.15, 0.2) is 70.7 Å². The first-order valence-corrected chi connectivity index (χ1v) is 9.32. The van der Waals surface area contributed by atoms with Crippen LogP contribution < -0.4 is 5.32 Å². The first-order chi connectivity index (χ1) is 13.7. The molecule has 0 atom stereocenters. The zero-order chi connectivity index (χ0) is 19.3. The van der Waals surface area contributed by atoms with Gasteiger partial charge in [-0.05, 0) is 47.4 Å². The maximum atomic E-state index is 13.0. The molecule has 0 aliphatic carbocycles. The topological polar surface area (TPSA) is 73.0 Å². The number of nitrogens with one attached hydrogen (secondary N) is 1. The Morgan fingerprint density at radius 3 is 2.79 bits per heavy atom. The lowest BCUT2D eigenvalue weighted by Gasteiger charge is -2.04. The molecule has 0 saturated carbocycles.